The van der Waals surface area contributed by atoms with Crippen LogP contribution < -0.4 is 16.1 Å². The van der Waals surface area contributed by atoms with Crippen molar-refractivity contribution in [1.82, 2.24) is 25.9 Å². The van der Waals surface area contributed by atoms with Crippen molar-refractivity contribution in [2.24, 2.45) is 5.92 Å². The van der Waals surface area contributed by atoms with Crippen LogP contribution in [-0.2, 0) is 9.57 Å². The van der Waals surface area contributed by atoms with E-state index in [1.807, 2.05) is 0 Å². The summed E-state index contributed by atoms with van der Waals surface area (Å²) in [5.41, 5.74) is 3.30. The maximum absolute atomic E-state index is 6.05. The Morgan fingerprint density at radius 3 is 2.69 bits per heavy atom. The zero-order valence-electron chi connectivity index (χ0n) is 16.6. The molecule has 4 saturated heterocycles. The standard InChI is InChI=1S/C19H37N5O2/c1-13-6-8-15(25-13)12-24-10-4-5-16(24)19-21-18(22-26-19)14-7-9-17(20-11-14)23(2)3/h13-22H,4-12H2,1-3H3/t13?,14?,15?,16-,17?,18?,19?/m0/s1. The van der Waals surface area contributed by atoms with E-state index in [0.29, 0.717) is 30.3 Å². The molecule has 0 aliphatic carbocycles. The predicted molar refractivity (Wildman–Crippen MR) is 101 cm³/mol. The molecule has 26 heavy (non-hydrogen) atoms. The summed E-state index contributed by atoms with van der Waals surface area (Å²) >= 11 is 0. The van der Waals surface area contributed by atoms with Gasteiger partial charge in [-0.15, -0.1) is 0 Å². The van der Waals surface area contributed by atoms with Crippen LogP contribution in [0.3, 0.4) is 0 Å². The third kappa shape index (κ3) is 4.24. The van der Waals surface area contributed by atoms with Gasteiger partial charge in [0, 0.05) is 19.0 Å². The van der Waals surface area contributed by atoms with Crippen LogP contribution >= 0.6 is 0 Å². The number of ether oxygens (including phenoxy) is 1. The van der Waals surface area contributed by atoms with E-state index in [2.05, 4.69) is 46.9 Å². The summed E-state index contributed by atoms with van der Waals surface area (Å²) in [6, 6.07) is 0.457. The average Bonchev–Trinajstić information content (AvgIpc) is 3.36. The molecular formula is C19H37N5O2. The topological polar surface area (TPSA) is 61.0 Å². The molecule has 4 rings (SSSR count). The number of nitrogens with one attached hydrogen (secondary N) is 3. The predicted octanol–water partition coefficient (Wildman–Crippen LogP) is 0.682. The molecule has 0 spiro atoms. The smallest absolute Gasteiger partial charge is 0.146 e. The quantitative estimate of drug-likeness (QED) is 0.661. The summed E-state index contributed by atoms with van der Waals surface area (Å²) in [5.74, 6) is 0.574. The first-order valence-corrected chi connectivity index (χ1v) is 10.6. The van der Waals surface area contributed by atoms with Crippen molar-refractivity contribution < 1.29 is 9.57 Å². The minimum atomic E-state index is 0.0906. The van der Waals surface area contributed by atoms with Crippen LogP contribution in [0.2, 0.25) is 0 Å². The van der Waals surface area contributed by atoms with E-state index < -0.39 is 0 Å². The fraction of sp³-hybridized carbons (Fsp3) is 1.00. The highest BCUT2D eigenvalue weighted by Crippen LogP contribution is 2.28. The molecule has 3 N–H and O–H groups in total. The van der Waals surface area contributed by atoms with Gasteiger partial charge in [-0.1, -0.05) is 0 Å². The molecule has 0 aromatic rings. The van der Waals surface area contributed by atoms with Gasteiger partial charge in [0.25, 0.3) is 0 Å². The van der Waals surface area contributed by atoms with Gasteiger partial charge >= 0.3 is 0 Å². The second-order valence-corrected chi connectivity index (χ2v) is 8.88. The van der Waals surface area contributed by atoms with E-state index in [-0.39, 0.29) is 12.4 Å². The Kier molecular flexibility index (Phi) is 6.15. The highest BCUT2D eigenvalue weighted by molar-refractivity contribution is 4.92. The highest BCUT2D eigenvalue weighted by Gasteiger charge is 2.41. The van der Waals surface area contributed by atoms with E-state index in [1.165, 1.54) is 45.1 Å². The van der Waals surface area contributed by atoms with Crippen molar-refractivity contribution in [3.63, 3.8) is 0 Å². The molecule has 4 fully saturated rings. The van der Waals surface area contributed by atoms with Crippen molar-refractivity contribution in [3.05, 3.63) is 0 Å². The van der Waals surface area contributed by atoms with Crippen molar-refractivity contribution in [3.8, 4) is 0 Å². The lowest BCUT2D eigenvalue weighted by molar-refractivity contribution is -0.0369. The van der Waals surface area contributed by atoms with Crippen LogP contribution in [0.1, 0.15) is 45.4 Å². The Hall–Kier alpha value is -0.280. The number of hydroxylamine groups is 1. The molecule has 150 valence electrons. The zero-order chi connectivity index (χ0) is 18.1. The lowest BCUT2D eigenvalue weighted by atomic mass is 9.94. The minimum absolute atomic E-state index is 0.0906. The van der Waals surface area contributed by atoms with Gasteiger partial charge in [0.1, 0.15) is 6.23 Å². The van der Waals surface area contributed by atoms with Crippen LogP contribution in [0.15, 0.2) is 0 Å². The molecule has 4 aliphatic heterocycles. The molecule has 0 aromatic carbocycles. The third-order valence-corrected chi connectivity index (χ3v) is 6.71. The molecule has 0 radical (unpaired) electrons. The molecule has 7 nitrogen and oxygen atoms in total. The second-order valence-electron chi connectivity index (χ2n) is 8.88. The molecule has 0 amide bonds. The van der Waals surface area contributed by atoms with Gasteiger partial charge in [0.15, 0.2) is 0 Å². The molecule has 6 unspecified atom stereocenters. The lowest BCUT2D eigenvalue weighted by Gasteiger charge is -2.36. The molecule has 0 aromatic heterocycles. The van der Waals surface area contributed by atoms with E-state index in [4.69, 9.17) is 9.57 Å². The minimum Gasteiger partial charge on any atom is -0.374 e. The van der Waals surface area contributed by atoms with E-state index in [0.717, 1.165) is 13.1 Å². The van der Waals surface area contributed by atoms with Crippen molar-refractivity contribution in [2.45, 2.75) is 82.3 Å². The molecular weight excluding hydrogens is 330 g/mol. The average molecular weight is 368 g/mol. The molecule has 7 heteroatoms. The summed E-state index contributed by atoms with van der Waals surface area (Å²) < 4.78 is 6.05. The summed E-state index contributed by atoms with van der Waals surface area (Å²) in [6.45, 7) is 5.44. The fourth-order valence-corrected chi connectivity index (χ4v) is 5.10. The van der Waals surface area contributed by atoms with Crippen LogP contribution in [-0.4, -0.2) is 80.3 Å². The van der Waals surface area contributed by atoms with E-state index >= 15 is 0 Å². The Labute approximate surface area is 158 Å². The highest BCUT2D eigenvalue weighted by atomic mass is 16.7. The van der Waals surface area contributed by atoms with Crippen LogP contribution in [0.4, 0.5) is 0 Å². The van der Waals surface area contributed by atoms with Crippen molar-refractivity contribution >= 4 is 0 Å². The number of nitrogens with zero attached hydrogens (tertiary/aromatic N) is 2. The summed E-state index contributed by atoms with van der Waals surface area (Å²) in [6.07, 6.45) is 8.96. The number of likely N-dealkylation sites (tertiary alicyclic amines) is 1. The monoisotopic (exact) mass is 367 g/mol. The van der Waals surface area contributed by atoms with Gasteiger partial charge < -0.3 is 10.1 Å². The molecule has 4 aliphatic rings. The van der Waals surface area contributed by atoms with Crippen LogP contribution in [0, 0.1) is 5.92 Å². The maximum Gasteiger partial charge on any atom is 0.146 e. The van der Waals surface area contributed by atoms with Gasteiger partial charge in [-0.05, 0) is 66.1 Å². The first-order valence-electron chi connectivity index (χ1n) is 10.6. The SMILES string of the molecule is CC1CCC(CN2CCC[C@H]2C2NC(C3CCC(N(C)C)NC3)NO2)O1. The Morgan fingerprint density at radius 1 is 1.12 bits per heavy atom. The van der Waals surface area contributed by atoms with E-state index in [9.17, 15) is 0 Å². The summed E-state index contributed by atoms with van der Waals surface area (Å²) in [4.78, 5) is 10.9. The van der Waals surface area contributed by atoms with Crippen molar-refractivity contribution in [1.29, 1.82) is 0 Å². The van der Waals surface area contributed by atoms with Gasteiger partial charge in [-0.25, -0.2) is 0 Å². The molecule has 0 saturated carbocycles. The lowest BCUT2D eigenvalue weighted by Crippen LogP contribution is -2.54. The van der Waals surface area contributed by atoms with Gasteiger partial charge in [-0.2, -0.15) is 5.48 Å². The van der Waals surface area contributed by atoms with Gasteiger partial charge in [0.2, 0.25) is 0 Å². The number of hydrogen-bond acceptors (Lipinski definition) is 7. The van der Waals surface area contributed by atoms with Gasteiger partial charge in [-0.3, -0.25) is 20.0 Å². The zero-order valence-corrected chi connectivity index (χ0v) is 16.6. The van der Waals surface area contributed by atoms with Gasteiger partial charge in [0.05, 0.1) is 30.6 Å². The molecule has 0 bridgehead atoms. The number of piperidine rings is 1. The largest absolute Gasteiger partial charge is 0.374 e. The number of hydrogen-bond donors (Lipinski definition) is 3. The molecule has 7 atom stereocenters. The Morgan fingerprint density at radius 2 is 2.00 bits per heavy atom. The first-order chi connectivity index (χ1) is 12.6. The Bertz CT molecular complexity index is 457. The summed E-state index contributed by atoms with van der Waals surface area (Å²) in [7, 11) is 4.29. The fourth-order valence-electron chi connectivity index (χ4n) is 5.10. The summed E-state index contributed by atoms with van der Waals surface area (Å²) in [5, 5.41) is 7.40. The normalized spacial score (nSPS) is 45.0. The third-order valence-electron chi connectivity index (χ3n) is 6.71. The van der Waals surface area contributed by atoms with E-state index in [1.54, 1.807) is 0 Å². The first kappa shape index (κ1) is 19.1. The van der Waals surface area contributed by atoms with Crippen LogP contribution in [0.5, 0.6) is 0 Å². The molecule has 4 heterocycles. The Balaban J connectivity index is 1.26. The maximum atomic E-state index is 6.05. The van der Waals surface area contributed by atoms with Crippen molar-refractivity contribution in [2.75, 3.05) is 33.7 Å². The number of rotatable bonds is 5. The van der Waals surface area contributed by atoms with Crippen LogP contribution in [0.25, 0.3) is 0 Å². The second kappa shape index (κ2) is 8.39.